The molecule has 1 aliphatic heterocycles. The summed E-state index contributed by atoms with van der Waals surface area (Å²) in [5, 5.41) is 12.2. The highest BCUT2D eigenvalue weighted by atomic mass is 35.5. The van der Waals surface area contributed by atoms with E-state index in [0.29, 0.717) is 24.0 Å². The lowest BCUT2D eigenvalue weighted by Gasteiger charge is -2.27. The molecule has 0 spiro atoms. The number of aromatic nitrogens is 1. The van der Waals surface area contributed by atoms with Crippen LogP contribution in [-0.2, 0) is 0 Å². The predicted molar refractivity (Wildman–Crippen MR) is 55.9 cm³/mol. The zero-order chi connectivity index (χ0) is 10.7. The van der Waals surface area contributed by atoms with E-state index in [1.807, 2.05) is 6.07 Å². The van der Waals surface area contributed by atoms with Crippen LogP contribution < -0.4 is 10.1 Å². The second-order valence-corrected chi connectivity index (χ2v) is 3.73. The maximum atomic E-state index is 8.74. The topological polar surface area (TPSA) is 57.9 Å². The first-order valence-corrected chi connectivity index (χ1v) is 5.09. The van der Waals surface area contributed by atoms with E-state index in [1.165, 1.54) is 6.20 Å². The Kier molecular flexibility index (Phi) is 3.05. The first-order chi connectivity index (χ1) is 7.29. The molecule has 0 aromatic carbocycles. The fourth-order valence-corrected chi connectivity index (χ4v) is 1.42. The maximum absolute atomic E-state index is 8.74. The third-order valence-corrected chi connectivity index (χ3v) is 2.61. The van der Waals surface area contributed by atoms with Gasteiger partial charge in [-0.15, -0.1) is 0 Å². The average molecular weight is 224 g/mol. The highest BCUT2D eigenvalue weighted by Crippen LogP contribution is 2.18. The third kappa shape index (κ3) is 2.38. The van der Waals surface area contributed by atoms with Gasteiger partial charge >= 0.3 is 0 Å². The Bertz CT molecular complexity index is 398. The van der Waals surface area contributed by atoms with Gasteiger partial charge in [-0.2, -0.15) is 5.26 Å². The first-order valence-electron chi connectivity index (χ1n) is 4.71. The van der Waals surface area contributed by atoms with Crippen LogP contribution in [0.25, 0.3) is 0 Å². The molecule has 0 saturated carbocycles. The molecule has 0 bridgehead atoms. The number of ether oxygens (including phenoxy) is 1. The lowest BCUT2D eigenvalue weighted by molar-refractivity contribution is 0.217. The molecule has 2 heterocycles. The van der Waals surface area contributed by atoms with Crippen LogP contribution in [0.5, 0.6) is 5.75 Å². The summed E-state index contributed by atoms with van der Waals surface area (Å²) in [5.74, 6) is 0.588. The average Bonchev–Trinajstić information content (AvgIpc) is 2.18. The molecule has 1 N–H and O–H groups in total. The van der Waals surface area contributed by atoms with Crippen LogP contribution in [0.4, 0.5) is 0 Å². The molecule has 1 saturated heterocycles. The number of halogens is 1. The molecule has 1 fully saturated rings. The molecule has 1 aromatic heterocycles. The molecule has 1 atom stereocenters. The van der Waals surface area contributed by atoms with Crippen molar-refractivity contribution in [3.8, 4) is 11.8 Å². The first kappa shape index (κ1) is 10.2. The normalized spacial score (nSPS) is 19.1. The maximum Gasteiger partial charge on any atom is 0.147 e. The SMILES string of the molecule is N#Cc1cc(OC[C@@H]2CCN2)cnc1Cl. The van der Waals surface area contributed by atoms with Gasteiger partial charge in [0.1, 0.15) is 23.6 Å². The van der Waals surface area contributed by atoms with Gasteiger partial charge in [-0.25, -0.2) is 4.98 Å². The Hall–Kier alpha value is -1.31. The van der Waals surface area contributed by atoms with Crippen LogP contribution in [0.1, 0.15) is 12.0 Å². The van der Waals surface area contributed by atoms with Crippen molar-refractivity contribution in [2.75, 3.05) is 13.2 Å². The zero-order valence-corrected chi connectivity index (χ0v) is 8.79. The second kappa shape index (κ2) is 4.47. The molecular weight excluding hydrogens is 214 g/mol. The summed E-state index contributed by atoms with van der Waals surface area (Å²) in [4.78, 5) is 3.87. The Labute approximate surface area is 92.8 Å². The second-order valence-electron chi connectivity index (χ2n) is 3.37. The molecule has 5 heteroatoms. The largest absolute Gasteiger partial charge is 0.490 e. The number of pyridine rings is 1. The van der Waals surface area contributed by atoms with E-state index in [-0.39, 0.29) is 5.15 Å². The minimum Gasteiger partial charge on any atom is -0.490 e. The summed E-state index contributed by atoms with van der Waals surface area (Å²) in [6, 6.07) is 3.99. The van der Waals surface area contributed by atoms with E-state index in [2.05, 4.69) is 10.3 Å². The van der Waals surface area contributed by atoms with E-state index in [1.54, 1.807) is 6.07 Å². The monoisotopic (exact) mass is 223 g/mol. The number of nitrogens with zero attached hydrogens (tertiary/aromatic N) is 2. The minimum absolute atomic E-state index is 0.214. The number of nitrogens with one attached hydrogen (secondary N) is 1. The van der Waals surface area contributed by atoms with Gasteiger partial charge in [-0.05, 0) is 13.0 Å². The number of nitriles is 1. The molecule has 0 amide bonds. The van der Waals surface area contributed by atoms with E-state index in [9.17, 15) is 0 Å². The molecule has 0 unspecified atom stereocenters. The van der Waals surface area contributed by atoms with Crippen molar-refractivity contribution in [3.63, 3.8) is 0 Å². The Morgan fingerprint density at radius 1 is 1.73 bits per heavy atom. The van der Waals surface area contributed by atoms with Crippen LogP contribution in [0.15, 0.2) is 12.3 Å². The summed E-state index contributed by atoms with van der Waals surface area (Å²) in [6.45, 7) is 1.66. The highest BCUT2D eigenvalue weighted by Gasteiger charge is 2.16. The molecule has 15 heavy (non-hydrogen) atoms. The number of hydrogen-bond acceptors (Lipinski definition) is 4. The Morgan fingerprint density at radius 3 is 3.13 bits per heavy atom. The molecule has 1 aromatic rings. The van der Waals surface area contributed by atoms with Crippen LogP contribution in [-0.4, -0.2) is 24.2 Å². The van der Waals surface area contributed by atoms with Gasteiger partial charge in [-0.1, -0.05) is 11.6 Å². The molecular formula is C10H10ClN3O. The molecule has 4 nitrogen and oxygen atoms in total. The van der Waals surface area contributed by atoms with E-state index in [4.69, 9.17) is 21.6 Å². The van der Waals surface area contributed by atoms with Gasteiger partial charge in [0.15, 0.2) is 0 Å². The summed E-state index contributed by atoms with van der Waals surface area (Å²) in [5.41, 5.74) is 0.343. The van der Waals surface area contributed by atoms with E-state index >= 15 is 0 Å². The van der Waals surface area contributed by atoms with E-state index in [0.717, 1.165) is 13.0 Å². The fraction of sp³-hybridized carbons (Fsp3) is 0.400. The molecule has 1 aliphatic rings. The molecule has 78 valence electrons. The predicted octanol–water partition coefficient (Wildman–Crippen LogP) is 1.35. The smallest absolute Gasteiger partial charge is 0.147 e. The quantitative estimate of drug-likeness (QED) is 0.786. The van der Waals surface area contributed by atoms with Crippen molar-refractivity contribution in [2.45, 2.75) is 12.5 Å². The minimum atomic E-state index is 0.214. The van der Waals surface area contributed by atoms with Crippen LogP contribution >= 0.6 is 11.6 Å². The van der Waals surface area contributed by atoms with Crippen molar-refractivity contribution < 1.29 is 4.74 Å². The van der Waals surface area contributed by atoms with E-state index < -0.39 is 0 Å². The zero-order valence-electron chi connectivity index (χ0n) is 8.03. The molecule has 0 radical (unpaired) electrons. The van der Waals surface area contributed by atoms with Gasteiger partial charge in [0.2, 0.25) is 0 Å². The Balaban J connectivity index is 1.99. The van der Waals surface area contributed by atoms with Gasteiger partial charge in [0.05, 0.1) is 11.8 Å². The van der Waals surface area contributed by atoms with Crippen molar-refractivity contribution in [3.05, 3.63) is 23.0 Å². The number of hydrogen-bond donors (Lipinski definition) is 1. The van der Waals surface area contributed by atoms with Crippen LogP contribution in [0.3, 0.4) is 0 Å². The van der Waals surface area contributed by atoms with Gasteiger partial charge in [0.25, 0.3) is 0 Å². The lowest BCUT2D eigenvalue weighted by atomic mass is 10.1. The standard InChI is InChI=1S/C10H10ClN3O/c11-10-7(4-12)3-9(5-14-10)15-6-8-1-2-13-8/h3,5,8,13H,1-2,6H2/t8-/m0/s1. The molecule has 2 rings (SSSR count). The van der Waals surface area contributed by atoms with Gasteiger partial charge < -0.3 is 10.1 Å². The van der Waals surface area contributed by atoms with Crippen LogP contribution in [0.2, 0.25) is 5.15 Å². The van der Waals surface area contributed by atoms with Crippen molar-refractivity contribution >= 4 is 11.6 Å². The number of rotatable bonds is 3. The van der Waals surface area contributed by atoms with Gasteiger partial charge in [-0.3, -0.25) is 0 Å². The van der Waals surface area contributed by atoms with Gasteiger partial charge in [0, 0.05) is 12.1 Å². The highest BCUT2D eigenvalue weighted by molar-refractivity contribution is 6.30. The molecule has 0 aliphatic carbocycles. The summed E-state index contributed by atoms with van der Waals surface area (Å²) in [7, 11) is 0. The summed E-state index contributed by atoms with van der Waals surface area (Å²) >= 11 is 5.70. The van der Waals surface area contributed by atoms with Crippen molar-refractivity contribution in [1.29, 1.82) is 5.26 Å². The van der Waals surface area contributed by atoms with Crippen molar-refractivity contribution in [1.82, 2.24) is 10.3 Å². The van der Waals surface area contributed by atoms with Crippen LogP contribution in [0, 0.1) is 11.3 Å². The van der Waals surface area contributed by atoms with Crippen molar-refractivity contribution in [2.24, 2.45) is 0 Å². The fourth-order valence-electron chi connectivity index (χ4n) is 1.27. The summed E-state index contributed by atoms with van der Waals surface area (Å²) < 4.78 is 5.47. The summed E-state index contributed by atoms with van der Waals surface area (Å²) in [6.07, 6.45) is 2.66. The third-order valence-electron chi connectivity index (χ3n) is 2.31. The Morgan fingerprint density at radius 2 is 2.53 bits per heavy atom. The lowest BCUT2D eigenvalue weighted by Crippen LogP contribution is -2.46.